The van der Waals surface area contributed by atoms with Crippen LogP contribution in [0, 0.1) is 0 Å². The molecule has 19 heavy (non-hydrogen) atoms. The number of benzene rings is 2. The van der Waals surface area contributed by atoms with Gasteiger partial charge in [-0.2, -0.15) is 0 Å². The average Bonchev–Trinajstić information content (AvgIpc) is 2.48. The van der Waals surface area contributed by atoms with Crippen LogP contribution in [0.25, 0.3) is 0 Å². The lowest BCUT2D eigenvalue weighted by Gasteiger charge is -2.10. The Morgan fingerprint density at radius 1 is 1.05 bits per heavy atom. The smallest absolute Gasteiger partial charge is 0.122 e. The molecule has 3 heteroatoms. The molecule has 0 aliphatic heterocycles. The minimum absolute atomic E-state index is 0.0315. The van der Waals surface area contributed by atoms with Crippen molar-refractivity contribution >= 4 is 0 Å². The van der Waals surface area contributed by atoms with Gasteiger partial charge in [0.1, 0.15) is 11.5 Å². The largest absolute Gasteiger partial charge is 0.496 e. The summed E-state index contributed by atoms with van der Waals surface area (Å²) in [4.78, 5) is 0. The van der Waals surface area contributed by atoms with Crippen molar-refractivity contribution in [3.05, 3.63) is 59.7 Å². The minimum atomic E-state index is 0.0315. The summed E-state index contributed by atoms with van der Waals surface area (Å²) in [5.74, 6) is 1.66. The van der Waals surface area contributed by atoms with Gasteiger partial charge in [0.15, 0.2) is 0 Å². The van der Waals surface area contributed by atoms with Crippen molar-refractivity contribution in [1.29, 1.82) is 0 Å². The molecule has 0 radical (unpaired) electrons. The van der Waals surface area contributed by atoms with E-state index in [1.165, 1.54) is 0 Å². The van der Waals surface area contributed by atoms with Gasteiger partial charge in [-0.25, -0.2) is 0 Å². The van der Waals surface area contributed by atoms with Gasteiger partial charge in [-0.1, -0.05) is 30.3 Å². The summed E-state index contributed by atoms with van der Waals surface area (Å²) in [6.07, 6.45) is 0.785. The topological polar surface area (TPSA) is 38.7 Å². The number of ether oxygens (including phenoxy) is 2. The summed E-state index contributed by atoms with van der Waals surface area (Å²) in [5.41, 5.74) is 1.98. The van der Waals surface area contributed by atoms with Gasteiger partial charge in [-0.15, -0.1) is 0 Å². The number of rotatable bonds is 6. The number of methoxy groups -OCH3 is 1. The zero-order valence-corrected chi connectivity index (χ0v) is 11.0. The number of aliphatic hydroxyl groups is 1. The van der Waals surface area contributed by atoms with E-state index < -0.39 is 0 Å². The third-order valence-electron chi connectivity index (χ3n) is 2.91. The van der Waals surface area contributed by atoms with Crippen molar-refractivity contribution in [2.75, 3.05) is 13.7 Å². The molecule has 0 atom stereocenters. The Hall–Kier alpha value is -2.00. The molecule has 0 heterocycles. The first-order valence-corrected chi connectivity index (χ1v) is 6.28. The van der Waals surface area contributed by atoms with Crippen molar-refractivity contribution in [1.82, 2.24) is 0 Å². The predicted octanol–water partition coefficient (Wildman–Crippen LogP) is 2.81. The van der Waals surface area contributed by atoms with Gasteiger partial charge in [0.2, 0.25) is 0 Å². The van der Waals surface area contributed by atoms with Gasteiger partial charge in [0.05, 0.1) is 20.3 Å². The van der Waals surface area contributed by atoms with Gasteiger partial charge in [0, 0.05) is 6.42 Å². The molecule has 0 fully saturated rings. The molecule has 100 valence electrons. The molecule has 0 saturated carbocycles. The summed E-state index contributed by atoms with van der Waals surface area (Å²) in [6.45, 7) is 0.610. The van der Waals surface area contributed by atoms with Crippen molar-refractivity contribution in [3.8, 4) is 11.5 Å². The number of hydrogen-bond acceptors (Lipinski definition) is 3. The molecular formula is C16H18O3. The lowest BCUT2D eigenvalue weighted by molar-refractivity contribution is 0.279. The Bertz CT molecular complexity index is 523. The van der Waals surface area contributed by atoms with Crippen molar-refractivity contribution < 1.29 is 14.6 Å². The lowest BCUT2D eigenvalue weighted by Crippen LogP contribution is -2.03. The van der Waals surface area contributed by atoms with Crippen molar-refractivity contribution in [2.24, 2.45) is 0 Å². The van der Waals surface area contributed by atoms with Crippen LogP contribution in [0.3, 0.4) is 0 Å². The second-order valence-corrected chi connectivity index (χ2v) is 4.22. The number of hydrogen-bond donors (Lipinski definition) is 1. The van der Waals surface area contributed by atoms with E-state index >= 15 is 0 Å². The zero-order valence-electron chi connectivity index (χ0n) is 11.0. The average molecular weight is 258 g/mol. The van der Waals surface area contributed by atoms with E-state index in [2.05, 4.69) is 0 Å². The van der Waals surface area contributed by atoms with Gasteiger partial charge >= 0.3 is 0 Å². The van der Waals surface area contributed by atoms with Gasteiger partial charge in [-0.3, -0.25) is 0 Å². The van der Waals surface area contributed by atoms with Gasteiger partial charge in [0.25, 0.3) is 0 Å². The third kappa shape index (κ3) is 3.73. The van der Waals surface area contributed by atoms with Gasteiger partial charge < -0.3 is 14.6 Å². The molecule has 0 unspecified atom stereocenters. The Balaban J connectivity index is 1.92. The minimum Gasteiger partial charge on any atom is -0.496 e. The van der Waals surface area contributed by atoms with Gasteiger partial charge in [-0.05, 0) is 29.3 Å². The highest BCUT2D eigenvalue weighted by atomic mass is 16.5. The molecule has 0 saturated heterocycles. The Morgan fingerprint density at radius 3 is 2.68 bits per heavy atom. The molecule has 1 N–H and O–H groups in total. The molecule has 0 bridgehead atoms. The molecule has 0 aliphatic rings. The molecule has 0 spiro atoms. The third-order valence-corrected chi connectivity index (χ3v) is 2.91. The maximum atomic E-state index is 9.06. The molecule has 2 rings (SSSR count). The van der Waals surface area contributed by atoms with Crippen molar-refractivity contribution in [2.45, 2.75) is 13.0 Å². The van der Waals surface area contributed by atoms with E-state index in [1.54, 1.807) is 7.11 Å². The van der Waals surface area contributed by atoms with Crippen LogP contribution >= 0.6 is 0 Å². The summed E-state index contributed by atoms with van der Waals surface area (Å²) < 4.78 is 11.0. The Labute approximate surface area is 113 Å². The summed E-state index contributed by atoms with van der Waals surface area (Å²) in [6, 6.07) is 15.4. The molecule has 2 aromatic carbocycles. The van der Waals surface area contributed by atoms with Crippen LogP contribution in [-0.4, -0.2) is 18.8 Å². The van der Waals surface area contributed by atoms with Crippen LogP contribution < -0.4 is 9.47 Å². The van der Waals surface area contributed by atoms with E-state index in [9.17, 15) is 0 Å². The van der Waals surface area contributed by atoms with Crippen LogP contribution in [0.2, 0.25) is 0 Å². The highest BCUT2D eigenvalue weighted by Crippen LogP contribution is 2.19. The molecular weight excluding hydrogens is 240 g/mol. The standard InChI is InChI=1S/C16H18O3/c1-18-16-8-3-2-6-14(16)9-10-19-15-7-4-5-13(11-15)12-17/h2-8,11,17H,9-10,12H2,1H3. The maximum Gasteiger partial charge on any atom is 0.122 e. The quantitative estimate of drug-likeness (QED) is 0.866. The second-order valence-electron chi connectivity index (χ2n) is 4.22. The fraction of sp³-hybridized carbons (Fsp3) is 0.250. The van der Waals surface area contributed by atoms with Crippen LogP contribution in [0.5, 0.6) is 11.5 Å². The zero-order chi connectivity index (χ0) is 13.5. The normalized spacial score (nSPS) is 10.2. The predicted molar refractivity (Wildman–Crippen MR) is 74.6 cm³/mol. The van der Waals surface area contributed by atoms with E-state index in [-0.39, 0.29) is 6.61 Å². The Kier molecular flexibility index (Phi) is 4.81. The van der Waals surface area contributed by atoms with Crippen molar-refractivity contribution in [3.63, 3.8) is 0 Å². The van der Waals surface area contributed by atoms with E-state index in [4.69, 9.17) is 14.6 Å². The van der Waals surface area contributed by atoms with E-state index in [0.717, 1.165) is 29.0 Å². The van der Waals surface area contributed by atoms with Crippen LogP contribution in [0.1, 0.15) is 11.1 Å². The first-order chi connectivity index (χ1) is 9.33. The summed E-state index contributed by atoms with van der Waals surface area (Å²) >= 11 is 0. The summed E-state index contributed by atoms with van der Waals surface area (Å²) in [5, 5.41) is 9.06. The second kappa shape index (κ2) is 6.81. The fourth-order valence-corrected chi connectivity index (χ4v) is 1.92. The highest BCUT2D eigenvalue weighted by molar-refractivity contribution is 5.33. The molecule has 2 aromatic rings. The first kappa shape index (κ1) is 13.4. The van der Waals surface area contributed by atoms with E-state index in [0.29, 0.717) is 6.61 Å². The number of para-hydroxylation sites is 1. The maximum absolute atomic E-state index is 9.06. The SMILES string of the molecule is COc1ccccc1CCOc1cccc(CO)c1. The monoisotopic (exact) mass is 258 g/mol. The summed E-state index contributed by atoms with van der Waals surface area (Å²) in [7, 11) is 1.67. The highest BCUT2D eigenvalue weighted by Gasteiger charge is 2.02. The Morgan fingerprint density at radius 2 is 1.89 bits per heavy atom. The molecule has 0 amide bonds. The first-order valence-electron chi connectivity index (χ1n) is 6.28. The van der Waals surface area contributed by atoms with Crippen LogP contribution in [0.4, 0.5) is 0 Å². The molecule has 0 aromatic heterocycles. The molecule has 3 nitrogen and oxygen atoms in total. The van der Waals surface area contributed by atoms with Crippen LogP contribution in [-0.2, 0) is 13.0 Å². The fourth-order valence-electron chi connectivity index (χ4n) is 1.92. The number of aliphatic hydroxyl groups excluding tert-OH is 1. The van der Waals surface area contributed by atoms with Crippen LogP contribution in [0.15, 0.2) is 48.5 Å². The van der Waals surface area contributed by atoms with E-state index in [1.807, 2.05) is 48.5 Å². The molecule has 0 aliphatic carbocycles. The lowest BCUT2D eigenvalue weighted by atomic mass is 10.1.